The molecule has 0 aliphatic rings. The van der Waals surface area contributed by atoms with Crippen molar-refractivity contribution in [1.29, 1.82) is 0 Å². The van der Waals surface area contributed by atoms with Gasteiger partial charge in [-0.1, -0.05) is 0 Å². The van der Waals surface area contributed by atoms with Gasteiger partial charge in [0.05, 0.1) is 14.2 Å². The Balaban J connectivity index is 2.52. The van der Waals surface area contributed by atoms with E-state index in [4.69, 9.17) is 10.5 Å². The molecule has 22 heavy (non-hydrogen) atoms. The molecule has 0 heterocycles. The first-order chi connectivity index (χ1) is 10.3. The van der Waals surface area contributed by atoms with Gasteiger partial charge in [-0.2, -0.15) is 0 Å². The number of hydrogen-bond acceptors (Lipinski definition) is 4. The van der Waals surface area contributed by atoms with Gasteiger partial charge >= 0.3 is 6.03 Å². The lowest BCUT2D eigenvalue weighted by Gasteiger charge is -2.19. The Morgan fingerprint density at radius 3 is 2.36 bits per heavy atom. The Morgan fingerprint density at radius 2 is 1.86 bits per heavy atom. The van der Waals surface area contributed by atoms with E-state index in [1.165, 1.54) is 0 Å². The number of urea groups is 1. The number of quaternary nitrogens is 1. The number of hydrogen-bond donors (Lipinski definition) is 4. The fourth-order valence-corrected chi connectivity index (χ4v) is 1.74. The first kappa shape index (κ1) is 17.4. The minimum absolute atomic E-state index is 0.0688. The summed E-state index contributed by atoms with van der Waals surface area (Å²) in [5.41, 5.74) is 5.52. The molecule has 8 heteroatoms. The van der Waals surface area contributed by atoms with Crippen molar-refractivity contribution in [2.75, 3.05) is 26.0 Å². The minimum atomic E-state index is -0.910. The summed E-state index contributed by atoms with van der Waals surface area (Å²) in [5.74, 6) is -0.0823. The number of anilines is 1. The second-order valence-electron chi connectivity index (χ2n) is 4.87. The SMILES string of the molecule is COc1ccc(NC(=O)C[NH+](C)[C@@H](C)C(=O)NC(N)=O)cc1. The molecule has 0 aliphatic heterocycles. The molecule has 1 rings (SSSR count). The van der Waals surface area contributed by atoms with Crippen LogP contribution in [0.5, 0.6) is 5.75 Å². The van der Waals surface area contributed by atoms with Gasteiger partial charge in [0.1, 0.15) is 5.75 Å². The predicted molar refractivity (Wildman–Crippen MR) is 80.6 cm³/mol. The predicted octanol–water partition coefficient (Wildman–Crippen LogP) is -1.27. The number of imide groups is 1. The fraction of sp³-hybridized carbons (Fsp3) is 0.357. The molecule has 2 atom stereocenters. The Labute approximate surface area is 128 Å². The number of ether oxygens (including phenoxy) is 1. The lowest BCUT2D eigenvalue weighted by Crippen LogP contribution is -3.15. The number of carbonyl (C=O) groups excluding carboxylic acids is 3. The quantitative estimate of drug-likeness (QED) is 0.524. The summed E-state index contributed by atoms with van der Waals surface area (Å²) in [4.78, 5) is 34.8. The number of nitrogens with two attached hydrogens (primary N) is 1. The standard InChI is InChI=1S/C14H20N4O4/c1-9(13(20)17-14(15)21)18(2)8-12(19)16-10-4-6-11(22-3)7-5-10/h4-7,9H,8H2,1-3H3,(H,16,19)(H3,15,17,20,21)/p+1/t9-/m0/s1. The molecular formula is C14H21N4O4+. The van der Waals surface area contributed by atoms with E-state index >= 15 is 0 Å². The van der Waals surface area contributed by atoms with Crippen LogP contribution in [0.1, 0.15) is 6.92 Å². The summed E-state index contributed by atoms with van der Waals surface area (Å²) in [6.07, 6.45) is 0. The zero-order chi connectivity index (χ0) is 16.7. The number of methoxy groups -OCH3 is 1. The number of rotatable bonds is 6. The Morgan fingerprint density at radius 1 is 1.27 bits per heavy atom. The van der Waals surface area contributed by atoms with Gasteiger partial charge in [0, 0.05) is 5.69 Å². The molecule has 1 aromatic carbocycles. The maximum absolute atomic E-state index is 11.9. The van der Waals surface area contributed by atoms with Gasteiger partial charge in [0.2, 0.25) is 0 Å². The van der Waals surface area contributed by atoms with Crippen LogP contribution in [-0.4, -0.2) is 44.6 Å². The zero-order valence-corrected chi connectivity index (χ0v) is 12.8. The summed E-state index contributed by atoms with van der Waals surface area (Å²) in [5, 5.41) is 4.71. The average molecular weight is 309 g/mol. The van der Waals surface area contributed by atoms with Gasteiger partial charge in [-0.3, -0.25) is 14.9 Å². The monoisotopic (exact) mass is 309 g/mol. The fourth-order valence-electron chi connectivity index (χ4n) is 1.74. The van der Waals surface area contributed by atoms with Crippen LogP contribution in [0.2, 0.25) is 0 Å². The summed E-state index contributed by atoms with van der Waals surface area (Å²) >= 11 is 0. The smallest absolute Gasteiger partial charge is 0.319 e. The van der Waals surface area contributed by atoms with Crippen molar-refractivity contribution < 1.29 is 24.0 Å². The van der Waals surface area contributed by atoms with Gasteiger partial charge < -0.3 is 20.7 Å². The first-order valence-corrected chi connectivity index (χ1v) is 6.70. The highest BCUT2D eigenvalue weighted by atomic mass is 16.5. The lowest BCUT2D eigenvalue weighted by atomic mass is 10.2. The van der Waals surface area contributed by atoms with Crippen LogP contribution in [0.15, 0.2) is 24.3 Å². The van der Waals surface area contributed by atoms with E-state index in [1.54, 1.807) is 45.3 Å². The molecule has 5 N–H and O–H groups in total. The van der Waals surface area contributed by atoms with Gasteiger partial charge in [0.25, 0.3) is 11.8 Å². The molecule has 1 aromatic rings. The number of likely N-dealkylation sites (N-methyl/N-ethyl adjacent to an activating group) is 1. The van der Waals surface area contributed by atoms with Gasteiger partial charge in [-0.25, -0.2) is 4.79 Å². The molecule has 1 unspecified atom stereocenters. The molecule has 0 fully saturated rings. The molecule has 0 spiro atoms. The van der Waals surface area contributed by atoms with E-state index in [0.29, 0.717) is 16.3 Å². The maximum Gasteiger partial charge on any atom is 0.319 e. The van der Waals surface area contributed by atoms with Crippen LogP contribution in [0.4, 0.5) is 10.5 Å². The van der Waals surface area contributed by atoms with Crippen LogP contribution in [0.25, 0.3) is 0 Å². The topological polar surface area (TPSA) is 115 Å². The van der Waals surface area contributed by atoms with Crippen molar-refractivity contribution in [2.24, 2.45) is 5.73 Å². The van der Waals surface area contributed by atoms with E-state index in [9.17, 15) is 14.4 Å². The van der Waals surface area contributed by atoms with Gasteiger partial charge in [-0.05, 0) is 31.2 Å². The molecule has 8 nitrogen and oxygen atoms in total. The maximum atomic E-state index is 11.9. The Hall–Kier alpha value is -2.61. The summed E-state index contributed by atoms with van der Waals surface area (Å²) in [6, 6.07) is 5.40. The lowest BCUT2D eigenvalue weighted by molar-refractivity contribution is -0.885. The molecule has 0 aliphatic carbocycles. The van der Waals surface area contributed by atoms with Crippen LogP contribution in [-0.2, 0) is 9.59 Å². The van der Waals surface area contributed by atoms with Crippen LogP contribution in [0.3, 0.4) is 0 Å². The molecule has 0 aromatic heterocycles. The van der Waals surface area contributed by atoms with Crippen molar-refractivity contribution in [3.05, 3.63) is 24.3 Å². The average Bonchev–Trinajstić information content (AvgIpc) is 2.46. The van der Waals surface area contributed by atoms with Crippen LogP contribution < -0.4 is 26.0 Å². The summed E-state index contributed by atoms with van der Waals surface area (Å²) < 4.78 is 5.03. The van der Waals surface area contributed by atoms with E-state index in [-0.39, 0.29) is 12.5 Å². The van der Waals surface area contributed by atoms with Crippen molar-refractivity contribution in [2.45, 2.75) is 13.0 Å². The number of nitrogens with one attached hydrogen (secondary N) is 3. The van der Waals surface area contributed by atoms with Crippen LogP contribution >= 0.6 is 0 Å². The molecule has 0 saturated carbocycles. The highest BCUT2D eigenvalue weighted by Gasteiger charge is 2.24. The van der Waals surface area contributed by atoms with Crippen LogP contribution in [0, 0.1) is 0 Å². The number of carbonyl (C=O) groups is 3. The zero-order valence-electron chi connectivity index (χ0n) is 12.8. The molecule has 4 amide bonds. The second kappa shape index (κ2) is 7.99. The Bertz CT molecular complexity index is 544. The normalized spacial score (nSPS) is 12.9. The van der Waals surface area contributed by atoms with E-state index < -0.39 is 18.0 Å². The van der Waals surface area contributed by atoms with Crippen molar-refractivity contribution >= 4 is 23.5 Å². The highest BCUT2D eigenvalue weighted by molar-refractivity contribution is 5.96. The van der Waals surface area contributed by atoms with Gasteiger partial charge in [0.15, 0.2) is 12.6 Å². The second-order valence-corrected chi connectivity index (χ2v) is 4.87. The highest BCUT2D eigenvalue weighted by Crippen LogP contribution is 2.14. The van der Waals surface area contributed by atoms with E-state index in [1.807, 2.05) is 5.32 Å². The third kappa shape index (κ3) is 5.41. The van der Waals surface area contributed by atoms with Crippen molar-refractivity contribution in [3.8, 4) is 5.75 Å². The molecular weight excluding hydrogens is 288 g/mol. The molecule has 120 valence electrons. The first-order valence-electron chi connectivity index (χ1n) is 6.70. The largest absolute Gasteiger partial charge is 0.497 e. The number of amides is 4. The van der Waals surface area contributed by atoms with E-state index in [0.717, 1.165) is 0 Å². The van der Waals surface area contributed by atoms with Crippen molar-refractivity contribution in [3.63, 3.8) is 0 Å². The minimum Gasteiger partial charge on any atom is -0.497 e. The van der Waals surface area contributed by atoms with E-state index in [2.05, 4.69) is 5.32 Å². The molecule has 0 radical (unpaired) electrons. The summed E-state index contributed by atoms with van der Waals surface area (Å²) in [7, 11) is 3.24. The Kier molecular flexibility index (Phi) is 6.33. The summed E-state index contributed by atoms with van der Waals surface area (Å²) in [6.45, 7) is 1.67. The third-order valence-electron chi connectivity index (χ3n) is 3.19. The van der Waals surface area contributed by atoms with Crippen molar-refractivity contribution in [1.82, 2.24) is 5.32 Å². The number of benzene rings is 1. The third-order valence-corrected chi connectivity index (χ3v) is 3.19. The van der Waals surface area contributed by atoms with Gasteiger partial charge in [-0.15, -0.1) is 0 Å². The number of primary amides is 1. The molecule has 0 saturated heterocycles. The molecule has 0 bridgehead atoms.